The summed E-state index contributed by atoms with van der Waals surface area (Å²) < 4.78 is 5.52. The molecule has 0 bridgehead atoms. The minimum Gasteiger partial charge on any atom is -0.480 e. The summed E-state index contributed by atoms with van der Waals surface area (Å²) in [6.07, 6.45) is -0.507. The fraction of sp³-hybridized carbons (Fsp3) is 0.467. The molecule has 5 N–H and O–H groups in total. The van der Waals surface area contributed by atoms with Gasteiger partial charge in [0.1, 0.15) is 12.1 Å². The standard InChI is InChI=1S/C30H40N4O6.ClH/c1-18(2)27(28(36)33-20(4)29(37)34-15-14-32-25(17-34)30(38)39)40-26(35)13-10-21-8-11-22(12-9-21)24-7-5-6-23(16-24)19(3)31;/h5-9,11-12,16,18-20,25,27,32H,10,13-15,17,31H2,1-4H3,(H,33,36)(H,38,39);1H/t19-,20+,25+,27+;/m1./s1. The van der Waals surface area contributed by atoms with E-state index < -0.39 is 36.0 Å². The van der Waals surface area contributed by atoms with Crippen LogP contribution in [0.1, 0.15) is 51.3 Å². The van der Waals surface area contributed by atoms with E-state index in [0.717, 1.165) is 22.3 Å². The number of rotatable bonds is 11. The van der Waals surface area contributed by atoms with Crippen molar-refractivity contribution in [1.82, 2.24) is 15.5 Å². The fourth-order valence-electron chi connectivity index (χ4n) is 4.55. The number of aryl methyl sites for hydroxylation is 1. The van der Waals surface area contributed by atoms with Gasteiger partial charge < -0.3 is 31.1 Å². The van der Waals surface area contributed by atoms with Crippen LogP contribution in [-0.4, -0.2) is 71.6 Å². The summed E-state index contributed by atoms with van der Waals surface area (Å²) in [4.78, 5) is 51.1. The van der Waals surface area contributed by atoms with E-state index in [1.807, 2.05) is 49.4 Å². The molecule has 0 aliphatic carbocycles. The highest BCUT2D eigenvalue weighted by Crippen LogP contribution is 2.23. The maximum atomic E-state index is 12.9. The first kappa shape index (κ1) is 33.7. The number of carbonyl (C=O) groups excluding carboxylic acids is 3. The van der Waals surface area contributed by atoms with E-state index in [0.29, 0.717) is 19.5 Å². The van der Waals surface area contributed by atoms with Crippen LogP contribution in [0.3, 0.4) is 0 Å². The van der Waals surface area contributed by atoms with Crippen molar-refractivity contribution in [3.63, 3.8) is 0 Å². The molecule has 11 heteroatoms. The second kappa shape index (κ2) is 15.5. The number of aliphatic carboxylic acids is 1. The molecular formula is C30H41ClN4O6. The molecule has 0 spiro atoms. The number of nitrogens with one attached hydrogen (secondary N) is 2. The van der Waals surface area contributed by atoms with Gasteiger partial charge in [0.25, 0.3) is 5.91 Å². The van der Waals surface area contributed by atoms with Gasteiger partial charge in [0.2, 0.25) is 5.91 Å². The number of hydrogen-bond acceptors (Lipinski definition) is 7. The van der Waals surface area contributed by atoms with Crippen molar-refractivity contribution in [3.8, 4) is 11.1 Å². The Morgan fingerprint density at radius 1 is 1.07 bits per heavy atom. The normalized spacial score (nSPS) is 17.1. The van der Waals surface area contributed by atoms with Crippen LogP contribution in [0.25, 0.3) is 11.1 Å². The Hall–Kier alpha value is -3.47. The quantitative estimate of drug-likeness (QED) is 0.293. The lowest BCUT2D eigenvalue weighted by atomic mass is 9.99. The monoisotopic (exact) mass is 588 g/mol. The van der Waals surface area contributed by atoms with E-state index in [1.54, 1.807) is 13.8 Å². The van der Waals surface area contributed by atoms with E-state index in [2.05, 4.69) is 16.7 Å². The van der Waals surface area contributed by atoms with Gasteiger partial charge in [-0.1, -0.05) is 56.3 Å². The number of hydrogen-bond donors (Lipinski definition) is 4. The van der Waals surface area contributed by atoms with Crippen LogP contribution in [0.2, 0.25) is 0 Å². The first-order valence-electron chi connectivity index (χ1n) is 13.7. The van der Waals surface area contributed by atoms with Crippen LogP contribution in [0, 0.1) is 5.92 Å². The van der Waals surface area contributed by atoms with Gasteiger partial charge >= 0.3 is 11.9 Å². The minimum atomic E-state index is -1.06. The first-order valence-corrected chi connectivity index (χ1v) is 13.7. The van der Waals surface area contributed by atoms with Crippen molar-refractivity contribution in [2.45, 2.75) is 64.8 Å². The number of carbonyl (C=O) groups is 4. The summed E-state index contributed by atoms with van der Waals surface area (Å²) in [5.41, 5.74) is 10.1. The third-order valence-corrected chi connectivity index (χ3v) is 6.95. The molecule has 4 atom stereocenters. The largest absolute Gasteiger partial charge is 0.480 e. The average molecular weight is 589 g/mol. The van der Waals surface area contributed by atoms with Crippen LogP contribution < -0.4 is 16.4 Å². The molecular weight excluding hydrogens is 548 g/mol. The van der Waals surface area contributed by atoms with Gasteiger partial charge in [-0.2, -0.15) is 0 Å². The number of benzene rings is 2. The third-order valence-electron chi connectivity index (χ3n) is 6.95. The number of nitrogens with zero attached hydrogens (tertiary/aromatic N) is 1. The maximum absolute atomic E-state index is 12.9. The number of halogens is 1. The van der Waals surface area contributed by atoms with Gasteiger partial charge in [-0.25, -0.2) is 0 Å². The lowest BCUT2D eigenvalue weighted by Gasteiger charge is -2.33. The lowest BCUT2D eigenvalue weighted by Crippen LogP contribution is -2.59. The molecule has 1 fully saturated rings. The van der Waals surface area contributed by atoms with E-state index in [9.17, 15) is 24.3 Å². The average Bonchev–Trinajstić information content (AvgIpc) is 2.94. The summed E-state index contributed by atoms with van der Waals surface area (Å²) in [6, 6.07) is 14.2. The molecule has 41 heavy (non-hydrogen) atoms. The molecule has 2 amide bonds. The van der Waals surface area contributed by atoms with Crippen molar-refractivity contribution in [2.24, 2.45) is 11.7 Å². The molecule has 0 aromatic heterocycles. The van der Waals surface area contributed by atoms with Gasteiger partial charge in [0, 0.05) is 32.1 Å². The summed E-state index contributed by atoms with van der Waals surface area (Å²) >= 11 is 0. The number of esters is 1. The highest BCUT2D eigenvalue weighted by Gasteiger charge is 2.33. The number of carboxylic acids is 1. The molecule has 2 aromatic carbocycles. The molecule has 0 saturated carbocycles. The zero-order valence-corrected chi connectivity index (χ0v) is 24.8. The first-order chi connectivity index (χ1) is 19.0. The molecule has 0 radical (unpaired) electrons. The summed E-state index contributed by atoms with van der Waals surface area (Å²) in [6.45, 7) is 7.70. The Morgan fingerprint density at radius 3 is 2.37 bits per heavy atom. The molecule has 10 nitrogen and oxygen atoms in total. The Labute approximate surface area is 247 Å². The van der Waals surface area contributed by atoms with E-state index in [4.69, 9.17) is 10.5 Å². The molecule has 1 saturated heterocycles. The number of piperazine rings is 1. The molecule has 1 aliphatic heterocycles. The number of nitrogens with two attached hydrogens (primary N) is 1. The predicted octanol–water partition coefficient (Wildman–Crippen LogP) is 2.69. The number of amides is 2. The van der Waals surface area contributed by atoms with E-state index >= 15 is 0 Å². The third kappa shape index (κ3) is 9.55. The van der Waals surface area contributed by atoms with Gasteiger partial charge in [0.15, 0.2) is 6.10 Å². The molecule has 3 rings (SSSR count). The zero-order chi connectivity index (χ0) is 29.4. The van der Waals surface area contributed by atoms with E-state index in [-0.39, 0.29) is 43.2 Å². The fourth-order valence-corrected chi connectivity index (χ4v) is 4.55. The lowest BCUT2D eigenvalue weighted by molar-refractivity contribution is -0.159. The SMILES string of the molecule is CC(C)[C@H](OC(=O)CCc1ccc(-c2cccc([C@@H](C)N)c2)cc1)C(=O)N[C@@H](C)C(=O)N1CCN[C@H](C(=O)O)C1.Cl. The van der Waals surface area contributed by atoms with Crippen LogP contribution in [0.5, 0.6) is 0 Å². The molecule has 1 heterocycles. The molecule has 0 unspecified atom stereocenters. The smallest absolute Gasteiger partial charge is 0.322 e. The van der Waals surface area contributed by atoms with Crippen LogP contribution >= 0.6 is 12.4 Å². The van der Waals surface area contributed by atoms with Gasteiger partial charge in [-0.3, -0.25) is 19.2 Å². The van der Waals surface area contributed by atoms with Crippen LogP contribution in [0.15, 0.2) is 48.5 Å². The van der Waals surface area contributed by atoms with Crippen molar-refractivity contribution in [3.05, 3.63) is 59.7 Å². The van der Waals surface area contributed by atoms with Crippen LogP contribution in [-0.2, 0) is 30.3 Å². The van der Waals surface area contributed by atoms with Crippen LogP contribution in [0.4, 0.5) is 0 Å². The zero-order valence-electron chi connectivity index (χ0n) is 24.0. The molecule has 2 aromatic rings. The van der Waals surface area contributed by atoms with Crippen molar-refractivity contribution < 1.29 is 29.0 Å². The predicted molar refractivity (Wildman–Crippen MR) is 158 cm³/mol. The maximum Gasteiger partial charge on any atom is 0.322 e. The highest BCUT2D eigenvalue weighted by molar-refractivity contribution is 5.90. The molecule has 1 aliphatic rings. The highest BCUT2D eigenvalue weighted by atomic mass is 35.5. The van der Waals surface area contributed by atoms with Gasteiger partial charge in [-0.15, -0.1) is 12.4 Å². The number of carboxylic acid groups (broad SMARTS) is 1. The Bertz CT molecular complexity index is 1200. The van der Waals surface area contributed by atoms with Crippen molar-refractivity contribution in [1.29, 1.82) is 0 Å². The Balaban J connectivity index is 0.00000588. The number of ether oxygens (including phenoxy) is 1. The second-order valence-corrected chi connectivity index (χ2v) is 10.6. The van der Waals surface area contributed by atoms with Gasteiger partial charge in [-0.05, 0) is 54.5 Å². The minimum absolute atomic E-state index is 0. The van der Waals surface area contributed by atoms with Crippen molar-refractivity contribution in [2.75, 3.05) is 19.6 Å². The Kier molecular flexibility index (Phi) is 12.8. The van der Waals surface area contributed by atoms with E-state index in [1.165, 1.54) is 11.8 Å². The molecule has 224 valence electrons. The Morgan fingerprint density at radius 2 is 1.76 bits per heavy atom. The summed E-state index contributed by atoms with van der Waals surface area (Å²) in [7, 11) is 0. The second-order valence-electron chi connectivity index (χ2n) is 10.6. The van der Waals surface area contributed by atoms with Crippen molar-refractivity contribution >= 4 is 36.2 Å². The summed E-state index contributed by atoms with van der Waals surface area (Å²) in [5.74, 6) is -2.81. The van der Waals surface area contributed by atoms with Gasteiger partial charge in [0.05, 0.1) is 0 Å². The topological polar surface area (TPSA) is 151 Å². The summed E-state index contributed by atoms with van der Waals surface area (Å²) in [5, 5.41) is 14.7.